The average Bonchev–Trinajstić information content (AvgIpc) is 2.48. The Bertz CT molecular complexity index is 413. The van der Waals surface area contributed by atoms with Gasteiger partial charge in [-0.15, -0.1) is 0 Å². The number of methoxy groups -OCH3 is 1. The van der Waals surface area contributed by atoms with Crippen molar-refractivity contribution in [3.05, 3.63) is 23.8 Å². The van der Waals surface area contributed by atoms with Crippen LogP contribution in [0.15, 0.2) is 18.2 Å². The maximum absolute atomic E-state index is 6.28. The first kappa shape index (κ1) is 15.2. The summed E-state index contributed by atoms with van der Waals surface area (Å²) in [5, 5.41) is 3.46. The number of hydrogen-bond acceptors (Lipinski definition) is 3. The molecule has 0 amide bonds. The Labute approximate surface area is 122 Å². The third kappa shape index (κ3) is 3.89. The van der Waals surface area contributed by atoms with Gasteiger partial charge in [0.2, 0.25) is 0 Å². The van der Waals surface area contributed by atoms with Gasteiger partial charge in [0.15, 0.2) is 0 Å². The van der Waals surface area contributed by atoms with Crippen molar-refractivity contribution in [3.63, 3.8) is 0 Å². The predicted octanol–water partition coefficient (Wildman–Crippen LogP) is 4.08. The topological polar surface area (TPSA) is 30.5 Å². The van der Waals surface area contributed by atoms with Crippen LogP contribution in [-0.2, 0) is 0 Å². The highest BCUT2D eigenvalue weighted by Crippen LogP contribution is 2.32. The lowest BCUT2D eigenvalue weighted by Crippen LogP contribution is -2.23. The summed E-state index contributed by atoms with van der Waals surface area (Å²) in [5.74, 6) is 1.84. The number of nitrogens with one attached hydrogen (secondary N) is 1. The van der Waals surface area contributed by atoms with E-state index in [4.69, 9.17) is 9.47 Å². The fourth-order valence-electron chi connectivity index (χ4n) is 2.88. The van der Waals surface area contributed by atoms with E-state index < -0.39 is 0 Å². The van der Waals surface area contributed by atoms with Crippen molar-refractivity contribution < 1.29 is 9.47 Å². The molecule has 1 aliphatic carbocycles. The highest BCUT2D eigenvalue weighted by Gasteiger charge is 2.18. The van der Waals surface area contributed by atoms with Crippen molar-refractivity contribution in [1.82, 2.24) is 5.32 Å². The molecular weight excluding hydrogens is 250 g/mol. The molecule has 3 heteroatoms. The first-order valence-corrected chi connectivity index (χ1v) is 7.82. The Hall–Kier alpha value is -1.22. The van der Waals surface area contributed by atoms with Crippen LogP contribution in [0.4, 0.5) is 0 Å². The highest BCUT2D eigenvalue weighted by atomic mass is 16.5. The fraction of sp³-hybridized carbons (Fsp3) is 0.647. The lowest BCUT2D eigenvalue weighted by molar-refractivity contribution is 0.152. The zero-order valence-electron chi connectivity index (χ0n) is 12.9. The van der Waals surface area contributed by atoms with Gasteiger partial charge in [0, 0.05) is 17.7 Å². The molecule has 3 nitrogen and oxygen atoms in total. The van der Waals surface area contributed by atoms with Crippen LogP contribution in [0.25, 0.3) is 0 Å². The van der Waals surface area contributed by atoms with Gasteiger partial charge < -0.3 is 14.8 Å². The van der Waals surface area contributed by atoms with E-state index in [1.54, 1.807) is 7.11 Å². The van der Waals surface area contributed by atoms with Gasteiger partial charge in [-0.25, -0.2) is 0 Å². The fourth-order valence-corrected chi connectivity index (χ4v) is 2.88. The van der Waals surface area contributed by atoms with E-state index in [0.717, 1.165) is 18.0 Å². The quantitative estimate of drug-likeness (QED) is 0.850. The first-order chi connectivity index (χ1) is 9.74. The average molecular weight is 277 g/mol. The molecule has 112 valence electrons. The second kappa shape index (κ2) is 7.53. The molecule has 1 aliphatic rings. The van der Waals surface area contributed by atoms with E-state index in [2.05, 4.69) is 25.2 Å². The van der Waals surface area contributed by atoms with Gasteiger partial charge in [-0.1, -0.05) is 19.4 Å². The van der Waals surface area contributed by atoms with Gasteiger partial charge in [-0.3, -0.25) is 0 Å². The number of benzene rings is 1. The van der Waals surface area contributed by atoms with Crippen molar-refractivity contribution in [2.75, 3.05) is 13.7 Å². The summed E-state index contributed by atoms with van der Waals surface area (Å²) >= 11 is 0. The minimum absolute atomic E-state index is 0.296. The van der Waals surface area contributed by atoms with E-state index >= 15 is 0 Å². The molecule has 0 bridgehead atoms. The molecule has 1 saturated carbocycles. The Kier molecular flexibility index (Phi) is 5.72. The molecule has 0 spiro atoms. The lowest BCUT2D eigenvalue weighted by atomic mass is 9.97. The summed E-state index contributed by atoms with van der Waals surface area (Å²) in [6, 6.07) is 6.45. The Morgan fingerprint density at radius 1 is 1.25 bits per heavy atom. The second-order valence-electron chi connectivity index (χ2n) is 5.56. The molecule has 2 rings (SSSR count). The molecule has 1 aromatic rings. The summed E-state index contributed by atoms with van der Waals surface area (Å²) in [5.41, 5.74) is 1.22. The van der Waals surface area contributed by atoms with Crippen LogP contribution in [0.1, 0.15) is 57.6 Å². The molecule has 20 heavy (non-hydrogen) atoms. The summed E-state index contributed by atoms with van der Waals surface area (Å²) in [4.78, 5) is 0. The molecule has 1 aromatic carbocycles. The van der Waals surface area contributed by atoms with E-state index in [9.17, 15) is 0 Å². The van der Waals surface area contributed by atoms with Crippen LogP contribution in [-0.4, -0.2) is 19.8 Å². The second-order valence-corrected chi connectivity index (χ2v) is 5.56. The molecule has 1 atom stereocenters. The van der Waals surface area contributed by atoms with Crippen molar-refractivity contribution in [3.8, 4) is 11.5 Å². The summed E-state index contributed by atoms with van der Waals surface area (Å²) in [6.07, 6.45) is 6.62. The molecule has 1 fully saturated rings. The van der Waals surface area contributed by atoms with Crippen LogP contribution in [0, 0.1) is 0 Å². The van der Waals surface area contributed by atoms with Crippen molar-refractivity contribution in [2.24, 2.45) is 0 Å². The molecular formula is C17H27NO2. The third-order valence-corrected chi connectivity index (χ3v) is 4.04. The van der Waals surface area contributed by atoms with Gasteiger partial charge in [-0.05, 0) is 45.2 Å². The van der Waals surface area contributed by atoms with Crippen molar-refractivity contribution in [1.29, 1.82) is 0 Å². The van der Waals surface area contributed by atoms with Crippen LogP contribution < -0.4 is 14.8 Å². The third-order valence-electron chi connectivity index (χ3n) is 4.04. The van der Waals surface area contributed by atoms with E-state index in [1.165, 1.54) is 37.7 Å². The van der Waals surface area contributed by atoms with Crippen LogP contribution in [0.3, 0.4) is 0 Å². The van der Waals surface area contributed by atoms with Crippen LogP contribution in [0.2, 0.25) is 0 Å². The summed E-state index contributed by atoms with van der Waals surface area (Å²) in [7, 11) is 1.70. The minimum Gasteiger partial charge on any atom is -0.497 e. The van der Waals surface area contributed by atoms with Gasteiger partial charge in [-0.2, -0.15) is 0 Å². The number of hydrogen-bond donors (Lipinski definition) is 1. The largest absolute Gasteiger partial charge is 0.497 e. The maximum Gasteiger partial charge on any atom is 0.128 e. The monoisotopic (exact) mass is 277 g/mol. The van der Waals surface area contributed by atoms with Gasteiger partial charge in [0.1, 0.15) is 11.5 Å². The molecule has 0 saturated heterocycles. The molecule has 1 unspecified atom stereocenters. The molecule has 0 heterocycles. The first-order valence-electron chi connectivity index (χ1n) is 7.82. The standard InChI is InChI=1S/C17H27NO2/c1-4-18-13(2)16-11-10-15(19-3)12-17(16)20-14-8-6-5-7-9-14/h10-14,18H,4-9H2,1-3H3. The Morgan fingerprint density at radius 2 is 2.00 bits per heavy atom. The smallest absolute Gasteiger partial charge is 0.128 e. The summed E-state index contributed by atoms with van der Waals surface area (Å²) in [6.45, 7) is 5.26. The zero-order chi connectivity index (χ0) is 14.4. The highest BCUT2D eigenvalue weighted by molar-refractivity contribution is 5.42. The molecule has 0 aromatic heterocycles. The molecule has 1 N–H and O–H groups in total. The normalized spacial score (nSPS) is 17.8. The zero-order valence-corrected chi connectivity index (χ0v) is 12.9. The minimum atomic E-state index is 0.296. The Morgan fingerprint density at radius 3 is 2.65 bits per heavy atom. The van der Waals surface area contributed by atoms with Gasteiger partial charge in [0.25, 0.3) is 0 Å². The SMILES string of the molecule is CCNC(C)c1ccc(OC)cc1OC1CCCCC1. The van der Waals surface area contributed by atoms with Crippen molar-refractivity contribution >= 4 is 0 Å². The van der Waals surface area contributed by atoms with Gasteiger partial charge >= 0.3 is 0 Å². The van der Waals surface area contributed by atoms with Crippen LogP contribution in [0.5, 0.6) is 11.5 Å². The van der Waals surface area contributed by atoms with Gasteiger partial charge in [0.05, 0.1) is 13.2 Å². The number of rotatable bonds is 6. The lowest BCUT2D eigenvalue weighted by Gasteiger charge is -2.26. The summed E-state index contributed by atoms with van der Waals surface area (Å²) < 4.78 is 11.6. The van der Waals surface area contributed by atoms with E-state index in [-0.39, 0.29) is 0 Å². The predicted molar refractivity (Wildman–Crippen MR) is 82.6 cm³/mol. The Balaban J connectivity index is 2.17. The van der Waals surface area contributed by atoms with E-state index in [1.807, 2.05) is 12.1 Å². The number of ether oxygens (including phenoxy) is 2. The molecule has 0 radical (unpaired) electrons. The maximum atomic E-state index is 6.28. The molecule has 0 aliphatic heterocycles. The van der Waals surface area contributed by atoms with Crippen LogP contribution >= 0.6 is 0 Å². The van der Waals surface area contributed by atoms with Crippen molar-refractivity contribution in [2.45, 2.75) is 58.1 Å². The van der Waals surface area contributed by atoms with E-state index in [0.29, 0.717) is 12.1 Å².